The maximum absolute atomic E-state index is 12.8. The molecule has 1 aliphatic heterocycles. The van der Waals surface area contributed by atoms with Gasteiger partial charge in [-0.3, -0.25) is 14.6 Å². The lowest BCUT2D eigenvalue weighted by Crippen LogP contribution is -2.48. The molecule has 152 valence electrons. The minimum atomic E-state index is -0.491. The molecule has 1 aromatic carbocycles. The largest absolute Gasteiger partial charge is 0.465 e. The van der Waals surface area contributed by atoms with Crippen molar-refractivity contribution in [3.05, 3.63) is 59.4 Å². The predicted molar refractivity (Wildman–Crippen MR) is 108 cm³/mol. The van der Waals surface area contributed by atoms with Gasteiger partial charge in [0.2, 0.25) is 0 Å². The highest BCUT2D eigenvalue weighted by molar-refractivity contribution is 6.05. The SMILES string of the molecule is CCN1CCN(C(=O)c2ccnc(C(=O)Nc3cccc(C(=O)OC)c3)c2)CC1. The second-order valence-corrected chi connectivity index (χ2v) is 6.68. The zero-order valence-corrected chi connectivity index (χ0v) is 16.6. The normalized spacial score (nSPS) is 14.3. The van der Waals surface area contributed by atoms with Crippen LogP contribution in [0.4, 0.5) is 5.69 Å². The summed E-state index contributed by atoms with van der Waals surface area (Å²) in [5.41, 5.74) is 1.32. The number of carbonyl (C=O) groups is 3. The van der Waals surface area contributed by atoms with E-state index >= 15 is 0 Å². The second kappa shape index (κ2) is 9.29. The number of pyridine rings is 1. The Balaban J connectivity index is 1.70. The van der Waals surface area contributed by atoms with E-state index in [1.165, 1.54) is 25.4 Å². The maximum Gasteiger partial charge on any atom is 0.337 e. The number of esters is 1. The molecule has 0 atom stereocenters. The number of anilines is 1. The van der Waals surface area contributed by atoms with E-state index in [9.17, 15) is 14.4 Å². The van der Waals surface area contributed by atoms with Crippen LogP contribution in [-0.2, 0) is 4.74 Å². The predicted octanol–water partition coefficient (Wildman–Crippen LogP) is 1.90. The van der Waals surface area contributed by atoms with Gasteiger partial charge in [-0.25, -0.2) is 4.79 Å². The topological polar surface area (TPSA) is 91.8 Å². The summed E-state index contributed by atoms with van der Waals surface area (Å²) >= 11 is 0. The standard InChI is InChI=1S/C21H24N4O4/c1-3-24-9-11-25(12-10-24)20(27)15-7-8-22-18(14-15)19(26)23-17-6-4-5-16(13-17)21(28)29-2/h4-8,13-14H,3,9-12H2,1-2H3,(H,23,26). The van der Waals surface area contributed by atoms with Gasteiger partial charge in [-0.1, -0.05) is 13.0 Å². The van der Waals surface area contributed by atoms with Crippen LogP contribution in [0.15, 0.2) is 42.6 Å². The van der Waals surface area contributed by atoms with E-state index in [0.29, 0.717) is 29.9 Å². The van der Waals surface area contributed by atoms with Gasteiger partial charge in [0.1, 0.15) is 5.69 Å². The third kappa shape index (κ3) is 4.97. The molecule has 0 aliphatic carbocycles. The maximum atomic E-state index is 12.8. The first kappa shape index (κ1) is 20.5. The molecule has 0 unspecified atom stereocenters. The minimum absolute atomic E-state index is 0.107. The molecule has 1 N–H and O–H groups in total. The highest BCUT2D eigenvalue weighted by Crippen LogP contribution is 2.14. The Bertz CT molecular complexity index is 907. The second-order valence-electron chi connectivity index (χ2n) is 6.68. The lowest BCUT2D eigenvalue weighted by Gasteiger charge is -2.34. The number of benzene rings is 1. The number of piperazine rings is 1. The fraction of sp³-hybridized carbons (Fsp3) is 0.333. The van der Waals surface area contributed by atoms with Gasteiger partial charge >= 0.3 is 5.97 Å². The van der Waals surface area contributed by atoms with Crippen LogP contribution in [0.1, 0.15) is 38.1 Å². The van der Waals surface area contributed by atoms with E-state index in [1.807, 2.05) is 0 Å². The minimum Gasteiger partial charge on any atom is -0.465 e. The Kier molecular flexibility index (Phi) is 6.56. The van der Waals surface area contributed by atoms with E-state index in [1.54, 1.807) is 29.2 Å². The smallest absolute Gasteiger partial charge is 0.337 e. The molecule has 2 amide bonds. The lowest BCUT2D eigenvalue weighted by atomic mass is 10.1. The summed E-state index contributed by atoms with van der Waals surface area (Å²) in [5.74, 6) is -1.06. The summed E-state index contributed by atoms with van der Waals surface area (Å²) in [6, 6.07) is 9.53. The van der Waals surface area contributed by atoms with E-state index in [4.69, 9.17) is 0 Å². The molecule has 1 saturated heterocycles. The summed E-state index contributed by atoms with van der Waals surface area (Å²) in [4.78, 5) is 45.2. The van der Waals surface area contributed by atoms with Crippen LogP contribution >= 0.6 is 0 Å². The Morgan fingerprint density at radius 1 is 1.07 bits per heavy atom. The first-order chi connectivity index (χ1) is 14.0. The molecular formula is C21H24N4O4. The quantitative estimate of drug-likeness (QED) is 0.776. The van der Waals surface area contributed by atoms with Gasteiger partial charge in [-0.15, -0.1) is 0 Å². The summed E-state index contributed by atoms with van der Waals surface area (Å²) in [5, 5.41) is 2.70. The van der Waals surface area contributed by atoms with Crippen molar-refractivity contribution in [2.24, 2.45) is 0 Å². The average Bonchev–Trinajstić information content (AvgIpc) is 2.78. The lowest BCUT2D eigenvalue weighted by molar-refractivity contribution is 0.0599. The van der Waals surface area contributed by atoms with E-state index in [-0.39, 0.29) is 11.6 Å². The fourth-order valence-electron chi connectivity index (χ4n) is 3.17. The van der Waals surface area contributed by atoms with Gasteiger partial charge in [0.25, 0.3) is 11.8 Å². The summed E-state index contributed by atoms with van der Waals surface area (Å²) < 4.78 is 4.69. The molecule has 0 bridgehead atoms. The number of hydrogen-bond acceptors (Lipinski definition) is 6. The molecule has 1 aliphatic rings. The van der Waals surface area contributed by atoms with Gasteiger partial charge in [0.05, 0.1) is 12.7 Å². The number of hydrogen-bond donors (Lipinski definition) is 1. The molecule has 1 fully saturated rings. The Morgan fingerprint density at radius 2 is 1.83 bits per heavy atom. The number of ether oxygens (including phenoxy) is 1. The monoisotopic (exact) mass is 396 g/mol. The van der Waals surface area contributed by atoms with Crippen molar-refractivity contribution in [2.45, 2.75) is 6.92 Å². The molecule has 0 saturated carbocycles. The fourth-order valence-corrected chi connectivity index (χ4v) is 3.17. The molecule has 0 spiro atoms. The highest BCUT2D eigenvalue weighted by Gasteiger charge is 2.22. The zero-order chi connectivity index (χ0) is 20.8. The molecule has 8 nitrogen and oxygen atoms in total. The van der Waals surface area contributed by atoms with Gasteiger partial charge in [-0.05, 0) is 36.9 Å². The number of likely N-dealkylation sites (N-methyl/N-ethyl adjacent to an activating group) is 1. The Labute approximate surface area is 169 Å². The number of aromatic nitrogens is 1. The van der Waals surface area contributed by atoms with E-state index in [0.717, 1.165) is 19.6 Å². The van der Waals surface area contributed by atoms with Crippen molar-refractivity contribution in [2.75, 3.05) is 45.2 Å². The molecule has 2 heterocycles. The molecule has 3 rings (SSSR count). The Hall–Kier alpha value is -3.26. The molecule has 0 radical (unpaired) electrons. The van der Waals surface area contributed by atoms with Gasteiger partial charge in [-0.2, -0.15) is 0 Å². The van der Waals surface area contributed by atoms with Gasteiger partial charge in [0, 0.05) is 43.6 Å². The molecule has 2 aromatic rings. The van der Waals surface area contributed by atoms with Crippen LogP contribution in [-0.4, -0.2) is 72.4 Å². The van der Waals surface area contributed by atoms with Crippen molar-refractivity contribution in [3.8, 4) is 0 Å². The van der Waals surface area contributed by atoms with Crippen molar-refractivity contribution in [1.29, 1.82) is 0 Å². The zero-order valence-electron chi connectivity index (χ0n) is 16.6. The molecule has 8 heteroatoms. The number of carbonyl (C=O) groups excluding carboxylic acids is 3. The third-order valence-electron chi connectivity index (χ3n) is 4.89. The molecular weight excluding hydrogens is 372 g/mol. The summed E-state index contributed by atoms with van der Waals surface area (Å²) in [6.45, 7) is 6.09. The van der Waals surface area contributed by atoms with Crippen LogP contribution in [0, 0.1) is 0 Å². The number of rotatable bonds is 5. The van der Waals surface area contributed by atoms with Crippen molar-refractivity contribution in [3.63, 3.8) is 0 Å². The summed E-state index contributed by atoms with van der Waals surface area (Å²) in [7, 11) is 1.29. The van der Waals surface area contributed by atoms with Crippen molar-refractivity contribution in [1.82, 2.24) is 14.8 Å². The van der Waals surface area contributed by atoms with Crippen LogP contribution in [0.5, 0.6) is 0 Å². The van der Waals surface area contributed by atoms with Crippen LogP contribution in [0.3, 0.4) is 0 Å². The van der Waals surface area contributed by atoms with Crippen LogP contribution < -0.4 is 5.32 Å². The number of amides is 2. The van der Waals surface area contributed by atoms with Crippen molar-refractivity contribution >= 4 is 23.5 Å². The van der Waals surface area contributed by atoms with E-state index < -0.39 is 11.9 Å². The van der Waals surface area contributed by atoms with Gasteiger partial charge in [0.15, 0.2) is 0 Å². The first-order valence-corrected chi connectivity index (χ1v) is 9.49. The summed E-state index contributed by atoms with van der Waals surface area (Å²) in [6.07, 6.45) is 1.45. The van der Waals surface area contributed by atoms with Gasteiger partial charge < -0.3 is 19.9 Å². The van der Waals surface area contributed by atoms with Crippen molar-refractivity contribution < 1.29 is 19.1 Å². The first-order valence-electron chi connectivity index (χ1n) is 9.49. The number of nitrogens with one attached hydrogen (secondary N) is 1. The average molecular weight is 396 g/mol. The third-order valence-corrected chi connectivity index (χ3v) is 4.89. The Morgan fingerprint density at radius 3 is 2.52 bits per heavy atom. The highest BCUT2D eigenvalue weighted by atomic mass is 16.5. The number of nitrogens with zero attached hydrogens (tertiary/aromatic N) is 3. The van der Waals surface area contributed by atoms with Crippen LogP contribution in [0.25, 0.3) is 0 Å². The van der Waals surface area contributed by atoms with E-state index in [2.05, 4.69) is 26.9 Å². The molecule has 1 aromatic heterocycles. The van der Waals surface area contributed by atoms with Crippen LogP contribution in [0.2, 0.25) is 0 Å². The molecule has 29 heavy (non-hydrogen) atoms. The number of methoxy groups -OCH3 is 1.